The molecule has 7 heteroatoms. The molecule has 1 N–H and O–H groups in total. The van der Waals surface area contributed by atoms with Gasteiger partial charge in [-0.05, 0) is 49.2 Å². The second-order valence-electron chi connectivity index (χ2n) is 6.63. The van der Waals surface area contributed by atoms with Gasteiger partial charge in [0.05, 0.1) is 23.6 Å². The molecule has 0 aliphatic carbocycles. The van der Waals surface area contributed by atoms with Crippen LogP contribution in [-0.2, 0) is 9.59 Å². The number of benzene rings is 2. The van der Waals surface area contributed by atoms with Crippen molar-refractivity contribution < 1.29 is 24.2 Å². The minimum Gasteiger partial charge on any atom is -0.490 e. The zero-order chi connectivity index (χ0) is 21.5. The lowest BCUT2D eigenvalue weighted by molar-refractivity contribution is -0.139. The van der Waals surface area contributed by atoms with Gasteiger partial charge in [-0.3, -0.25) is 4.79 Å². The quantitative estimate of drug-likeness (QED) is 0.630. The minimum absolute atomic E-state index is 0.186. The molecule has 7 nitrogen and oxygen atoms in total. The first-order valence-electron chi connectivity index (χ1n) is 9.84. The molecule has 2 aromatic carbocycles. The number of amides is 1. The molecule has 0 saturated carbocycles. The highest BCUT2D eigenvalue weighted by Gasteiger charge is 2.30. The van der Waals surface area contributed by atoms with Crippen LogP contribution in [0.4, 0.5) is 5.69 Å². The van der Waals surface area contributed by atoms with Crippen LogP contribution in [0, 0.1) is 0 Å². The highest BCUT2D eigenvalue weighted by atomic mass is 16.5. The van der Waals surface area contributed by atoms with Gasteiger partial charge in [-0.2, -0.15) is 10.1 Å². The van der Waals surface area contributed by atoms with Crippen molar-refractivity contribution in [3.63, 3.8) is 0 Å². The molecule has 0 saturated heterocycles. The molecule has 30 heavy (non-hydrogen) atoms. The number of ether oxygens (including phenoxy) is 2. The highest BCUT2D eigenvalue weighted by Crippen LogP contribution is 2.31. The summed E-state index contributed by atoms with van der Waals surface area (Å²) >= 11 is 0. The molecular formula is C23H24N2O5. The fourth-order valence-electron chi connectivity index (χ4n) is 3.08. The highest BCUT2D eigenvalue weighted by molar-refractivity contribution is 6.32. The van der Waals surface area contributed by atoms with Crippen molar-refractivity contribution >= 4 is 29.4 Å². The van der Waals surface area contributed by atoms with Crippen molar-refractivity contribution in [1.29, 1.82) is 0 Å². The number of nitrogens with zero attached hydrogens (tertiary/aromatic N) is 2. The third kappa shape index (κ3) is 4.86. The van der Waals surface area contributed by atoms with Gasteiger partial charge in [-0.25, -0.2) is 4.79 Å². The van der Waals surface area contributed by atoms with Crippen LogP contribution in [0.15, 0.2) is 59.2 Å². The first-order chi connectivity index (χ1) is 14.5. The molecule has 0 aromatic heterocycles. The molecule has 0 unspecified atom stereocenters. The zero-order valence-corrected chi connectivity index (χ0v) is 17.0. The number of hydrogen-bond acceptors (Lipinski definition) is 5. The Morgan fingerprint density at radius 3 is 2.53 bits per heavy atom. The van der Waals surface area contributed by atoms with Crippen molar-refractivity contribution in [2.24, 2.45) is 5.10 Å². The van der Waals surface area contributed by atoms with Crippen LogP contribution in [0.25, 0.3) is 6.08 Å². The van der Waals surface area contributed by atoms with E-state index in [2.05, 4.69) is 5.10 Å². The van der Waals surface area contributed by atoms with Gasteiger partial charge in [0.1, 0.15) is 0 Å². The predicted octanol–water partition coefficient (Wildman–Crippen LogP) is 4.14. The maximum atomic E-state index is 13.1. The third-order valence-electron chi connectivity index (χ3n) is 4.37. The van der Waals surface area contributed by atoms with Crippen molar-refractivity contribution in [2.75, 3.05) is 18.2 Å². The van der Waals surface area contributed by atoms with E-state index < -0.39 is 12.6 Å². The SMILES string of the molecule is CCCC1=NN(c2ccccc2)C(=O)/C1=C/c1ccc(OCC(=O)O)c(OCC)c1. The van der Waals surface area contributed by atoms with Gasteiger partial charge in [0.2, 0.25) is 0 Å². The molecule has 1 aliphatic heterocycles. The molecule has 2 aromatic rings. The smallest absolute Gasteiger partial charge is 0.341 e. The molecule has 156 valence electrons. The van der Waals surface area contributed by atoms with Gasteiger partial charge in [-0.1, -0.05) is 37.6 Å². The Hall–Kier alpha value is -3.61. The molecule has 1 amide bonds. The fraction of sp³-hybridized carbons (Fsp3) is 0.261. The van der Waals surface area contributed by atoms with E-state index in [4.69, 9.17) is 14.6 Å². The molecule has 1 aliphatic rings. The topological polar surface area (TPSA) is 88.4 Å². The van der Waals surface area contributed by atoms with Gasteiger partial charge in [0, 0.05) is 0 Å². The Labute approximate surface area is 175 Å². The Kier molecular flexibility index (Phi) is 6.85. The number of rotatable bonds is 9. The lowest BCUT2D eigenvalue weighted by Gasteiger charge is -2.12. The number of anilines is 1. The second kappa shape index (κ2) is 9.73. The van der Waals surface area contributed by atoms with Gasteiger partial charge in [-0.15, -0.1) is 0 Å². The number of hydrazone groups is 1. The molecule has 1 heterocycles. The average Bonchev–Trinajstić information content (AvgIpc) is 3.04. The summed E-state index contributed by atoms with van der Waals surface area (Å²) in [6.07, 6.45) is 3.32. The Balaban J connectivity index is 1.93. The number of carbonyl (C=O) groups is 2. The summed E-state index contributed by atoms with van der Waals surface area (Å²) in [5.74, 6) is -0.490. The number of carboxylic acids is 1. The first kappa shape index (κ1) is 21.1. The average molecular weight is 408 g/mol. The van der Waals surface area contributed by atoms with Crippen LogP contribution in [0.1, 0.15) is 32.3 Å². The monoisotopic (exact) mass is 408 g/mol. The Morgan fingerprint density at radius 1 is 1.10 bits per heavy atom. The summed E-state index contributed by atoms with van der Waals surface area (Å²) in [5.41, 5.74) is 2.72. The van der Waals surface area contributed by atoms with E-state index in [0.717, 1.165) is 17.7 Å². The van der Waals surface area contributed by atoms with E-state index in [-0.39, 0.29) is 5.91 Å². The van der Waals surface area contributed by atoms with Gasteiger partial charge >= 0.3 is 5.97 Å². The summed E-state index contributed by atoms with van der Waals surface area (Å²) < 4.78 is 10.9. The molecule has 0 radical (unpaired) electrons. The summed E-state index contributed by atoms with van der Waals surface area (Å²) in [5, 5.41) is 14.8. The molecule has 0 fully saturated rings. The molecule has 0 spiro atoms. The first-order valence-corrected chi connectivity index (χ1v) is 9.84. The van der Waals surface area contributed by atoms with E-state index in [0.29, 0.717) is 35.8 Å². The van der Waals surface area contributed by atoms with Crippen molar-refractivity contribution in [2.45, 2.75) is 26.7 Å². The van der Waals surface area contributed by atoms with E-state index in [1.165, 1.54) is 5.01 Å². The van der Waals surface area contributed by atoms with Crippen LogP contribution in [-0.4, -0.2) is 35.9 Å². The standard InChI is InChI=1S/C23H24N2O5/c1-3-8-19-18(23(28)25(24-19)17-9-6-5-7-10-17)13-16-11-12-20(30-15-22(26)27)21(14-16)29-4-2/h5-7,9-14H,3-4,8,15H2,1-2H3,(H,26,27)/b18-13+. The zero-order valence-electron chi connectivity index (χ0n) is 17.0. The van der Waals surface area contributed by atoms with E-state index in [9.17, 15) is 9.59 Å². The number of carbonyl (C=O) groups excluding carboxylic acids is 1. The molecule has 0 bridgehead atoms. The van der Waals surface area contributed by atoms with Gasteiger partial charge < -0.3 is 14.6 Å². The van der Waals surface area contributed by atoms with E-state index in [1.54, 1.807) is 24.3 Å². The lowest BCUT2D eigenvalue weighted by atomic mass is 10.0. The Morgan fingerprint density at radius 2 is 1.87 bits per heavy atom. The third-order valence-corrected chi connectivity index (χ3v) is 4.37. The molecular weight excluding hydrogens is 384 g/mol. The summed E-state index contributed by atoms with van der Waals surface area (Å²) in [4.78, 5) is 23.9. The van der Waals surface area contributed by atoms with Gasteiger partial charge in [0.25, 0.3) is 5.91 Å². The Bertz CT molecular complexity index is 982. The van der Waals surface area contributed by atoms with Crippen molar-refractivity contribution in [3.05, 3.63) is 59.7 Å². The number of carboxylic acid groups (broad SMARTS) is 1. The van der Waals surface area contributed by atoms with Crippen LogP contribution in [0.3, 0.4) is 0 Å². The summed E-state index contributed by atoms with van der Waals surface area (Å²) in [7, 11) is 0. The largest absolute Gasteiger partial charge is 0.490 e. The van der Waals surface area contributed by atoms with Crippen LogP contribution < -0.4 is 14.5 Å². The van der Waals surface area contributed by atoms with E-state index in [1.807, 2.05) is 44.2 Å². The van der Waals surface area contributed by atoms with Crippen LogP contribution in [0.5, 0.6) is 11.5 Å². The van der Waals surface area contributed by atoms with Crippen LogP contribution in [0.2, 0.25) is 0 Å². The second-order valence-corrected chi connectivity index (χ2v) is 6.63. The lowest BCUT2D eigenvalue weighted by Crippen LogP contribution is -2.21. The van der Waals surface area contributed by atoms with Crippen molar-refractivity contribution in [3.8, 4) is 11.5 Å². The minimum atomic E-state index is -1.07. The summed E-state index contributed by atoms with van der Waals surface area (Å²) in [6, 6.07) is 14.4. The van der Waals surface area contributed by atoms with Crippen LogP contribution >= 0.6 is 0 Å². The van der Waals surface area contributed by atoms with Crippen molar-refractivity contribution in [1.82, 2.24) is 0 Å². The number of para-hydroxylation sites is 1. The predicted molar refractivity (Wildman–Crippen MR) is 115 cm³/mol. The maximum absolute atomic E-state index is 13.1. The molecule has 3 rings (SSSR count). The fourth-order valence-corrected chi connectivity index (χ4v) is 3.08. The van der Waals surface area contributed by atoms with E-state index >= 15 is 0 Å². The van der Waals surface area contributed by atoms with Gasteiger partial charge in [0.15, 0.2) is 18.1 Å². The summed E-state index contributed by atoms with van der Waals surface area (Å²) in [6.45, 7) is 3.80. The number of aliphatic carboxylic acids is 1. The normalized spacial score (nSPS) is 14.7. The molecule has 0 atom stereocenters. The maximum Gasteiger partial charge on any atom is 0.341 e. The number of hydrogen-bond donors (Lipinski definition) is 1.